The fourth-order valence-corrected chi connectivity index (χ4v) is 5.64. The summed E-state index contributed by atoms with van der Waals surface area (Å²) >= 11 is 0. The largest absolute Gasteiger partial charge is 0.465 e. The van der Waals surface area contributed by atoms with Crippen molar-refractivity contribution in [1.29, 1.82) is 0 Å². The van der Waals surface area contributed by atoms with E-state index in [1.165, 1.54) is 6.42 Å². The standard InChI is InChI=1S/C21H28O5/c1-13-9-10-17-14(2)18(22-15-7-5-4-6-8-15)23-19-21(17)16(13)11-12-20(3,24-19)25-26-21/h4-8,13-14,16-19H,9-12H2,1-3H3/t13-,14-,16?,17+,18+,19-,20-,21-/m1/s1. The number of rotatable bonds is 2. The minimum atomic E-state index is -0.741. The van der Waals surface area contributed by atoms with E-state index < -0.39 is 17.7 Å². The quantitative estimate of drug-likeness (QED) is 0.737. The van der Waals surface area contributed by atoms with E-state index in [1.54, 1.807) is 0 Å². The summed E-state index contributed by atoms with van der Waals surface area (Å²) in [6.45, 7) is 6.48. The van der Waals surface area contributed by atoms with Crippen molar-refractivity contribution in [3.8, 4) is 5.75 Å². The van der Waals surface area contributed by atoms with Crippen molar-refractivity contribution in [2.24, 2.45) is 23.7 Å². The Morgan fingerprint density at radius 2 is 1.81 bits per heavy atom. The van der Waals surface area contributed by atoms with Crippen LogP contribution in [0.15, 0.2) is 30.3 Å². The first-order chi connectivity index (χ1) is 12.5. The molecule has 5 heteroatoms. The summed E-state index contributed by atoms with van der Waals surface area (Å²) in [5, 5.41) is 0. The smallest absolute Gasteiger partial charge is 0.205 e. The average molecular weight is 360 g/mol. The van der Waals surface area contributed by atoms with Gasteiger partial charge in [-0.25, -0.2) is 9.78 Å². The predicted molar refractivity (Wildman–Crippen MR) is 93.9 cm³/mol. The summed E-state index contributed by atoms with van der Waals surface area (Å²) < 4.78 is 19.0. The molecule has 4 aliphatic heterocycles. The van der Waals surface area contributed by atoms with E-state index >= 15 is 0 Å². The van der Waals surface area contributed by atoms with Gasteiger partial charge >= 0.3 is 0 Å². The van der Waals surface area contributed by atoms with Gasteiger partial charge < -0.3 is 14.2 Å². The SMILES string of the molecule is C[C@H]1[C@@H](Oc2ccccc2)O[C@@H]2O[C@@]3(C)CCC4[C@H](C)CC[C@@H]1[C@]42OO3. The summed E-state index contributed by atoms with van der Waals surface area (Å²) in [6, 6.07) is 9.87. The van der Waals surface area contributed by atoms with E-state index in [4.69, 9.17) is 24.0 Å². The van der Waals surface area contributed by atoms with Crippen molar-refractivity contribution in [3.63, 3.8) is 0 Å². The van der Waals surface area contributed by atoms with E-state index in [2.05, 4.69) is 13.8 Å². The molecule has 1 aliphatic carbocycles. The number of benzene rings is 1. The van der Waals surface area contributed by atoms with Crippen LogP contribution in [0.5, 0.6) is 5.75 Å². The Bertz CT molecular complexity index is 666. The molecule has 0 amide bonds. The van der Waals surface area contributed by atoms with E-state index in [0.717, 1.165) is 25.0 Å². The van der Waals surface area contributed by atoms with Gasteiger partial charge in [0.1, 0.15) is 5.75 Å². The van der Waals surface area contributed by atoms with Gasteiger partial charge in [-0.1, -0.05) is 32.0 Å². The summed E-state index contributed by atoms with van der Waals surface area (Å²) in [4.78, 5) is 12.0. The van der Waals surface area contributed by atoms with Gasteiger partial charge in [-0.15, -0.1) is 0 Å². The molecule has 1 spiro atoms. The molecule has 1 aromatic rings. The molecule has 2 bridgehead atoms. The van der Waals surface area contributed by atoms with Crippen LogP contribution >= 0.6 is 0 Å². The minimum absolute atomic E-state index is 0.191. The van der Waals surface area contributed by atoms with Crippen LogP contribution in [-0.2, 0) is 19.2 Å². The Labute approximate surface area is 154 Å². The maximum Gasteiger partial charge on any atom is 0.205 e. The minimum Gasteiger partial charge on any atom is -0.465 e. The van der Waals surface area contributed by atoms with Crippen molar-refractivity contribution < 1.29 is 24.0 Å². The van der Waals surface area contributed by atoms with Gasteiger partial charge in [0.25, 0.3) is 0 Å². The molecule has 8 atom stereocenters. The Hall–Kier alpha value is -1.14. The number of ether oxygens (including phenoxy) is 3. The number of para-hydroxylation sites is 1. The molecule has 5 aliphatic rings. The second-order valence-electron chi connectivity index (χ2n) is 8.70. The first kappa shape index (κ1) is 17.0. The molecule has 5 nitrogen and oxygen atoms in total. The lowest BCUT2D eigenvalue weighted by Crippen LogP contribution is -2.70. The van der Waals surface area contributed by atoms with Crippen molar-refractivity contribution in [1.82, 2.24) is 0 Å². The monoisotopic (exact) mass is 360 g/mol. The van der Waals surface area contributed by atoms with Crippen molar-refractivity contribution in [2.45, 2.75) is 70.4 Å². The molecular weight excluding hydrogens is 332 g/mol. The van der Waals surface area contributed by atoms with Crippen LogP contribution in [0.4, 0.5) is 0 Å². The number of hydrogen-bond donors (Lipinski definition) is 0. The molecule has 4 heterocycles. The summed E-state index contributed by atoms with van der Waals surface area (Å²) in [5.41, 5.74) is -0.524. The highest BCUT2D eigenvalue weighted by molar-refractivity contribution is 5.21. The van der Waals surface area contributed by atoms with E-state index in [0.29, 0.717) is 17.8 Å². The second-order valence-corrected chi connectivity index (χ2v) is 8.70. The molecule has 1 unspecified atom stereocenters. The van der Waals surface area contributed by atoms with Gasteiger partial charge in [0.15, 0.2) is 11.9 Å². The van der Waals surface area contributed by atoms with E-state index in [1.807, 2.05) is 37.3 Å². The van der Waals surface area contributed by atoms with Gasteiger partial charge in [-0.3, -0.25) is 0 Å². The lowest BCUT2D eigenvalue weighted by molar-refractivity contribution is -0.575. The lowest BCUT2D eigenvalue weighted by Gasteiger charge is -2.60. The highest BCUT2D eigenvalue weighted by Gasteiger charge is 2.69. The van der Waals surface area contributed by atoms with Crippen molar-refractivity contribution in [2.75, 3.05) is 0 Å². The predicted octanol–water partition coefficient (Wildman–Crippen LogP) is 4.27. The Morgan fingerprint density at radius 1 is 1.00 bits per heavy atom. The van der Waals surface area contributed by atoms with Gasteiger partial charge in [0.2, 0.25) is 12.1 Å². The van der Waals surface area contributed by atoms with Crippen LogP contribution in [0.1, 0.15) is 46.5 Å². The normalized spacial score (nSPS) is 50.0. The Kier molecular flexibility index (Phi) is 3.87. The van der Waals surface area contributed by atoms with Gasteiger partial charge in [-0.05, 0) is 50.2 Å². The molecule has 142 valence electrons. The molecule has 26 heavy (non-hydrogen) atoms. The zero-order valence-corrected chi connectivity index (χ0v) is 15.7. The first-order valence-electron chi connectivity index (χ1n) is 9.94. The number of hydrogen-bond acceptors (Lipinski definition) is 5. The molecular formula is C21H28O5. The van der Waals surface area contributed by atoms with Gasteiger partial charge in [0.05, 0.1) is 0 Å². The first-order valence-corrected chi connectivity index (χ1v) is 9.94. The zero-order chi connectivity index (χ0) is 17.9. The summed E-state index contributed by atoms with van der Waals surface area (Å²) in [5.74, 6) is 1.52. The van der Waals surface area contributed by atoms with Crippen molar-refractivity contribution >= 4 is 0 Å². The van der Waals surface area contributed by atoms with Crippen LogP contribution in [0.3, 0.4) is 0 Å². The molecule has 6 rings (SSSR count). The number of fused-ring (bicyclic) bond motifs is 2. The molecule has 0 radical (unpaired) electrons. The van der Waals surface area contributed by atoms with Crippen LogP contribution in [0, 0.1) is 23.7 Å². The van der Waals surface area contributed by atoms with Crippen LogP contribution < -0.4 is 4.74 Å². The lowest BCUT2D eigenvalue weighted by atomic mass is 9.58. The van der Waals surface area contributed by atoms with E-state index in [-0.39, 0.29) is 12.2 Å². The Balaban J connectivity index is 1.50. The van der Waals surface area contributed by atoms with Crippen LogP contribution in [-0.4, -0.2) is 24.0 Å². The third-order valence-corrected chi connectivity index (χ3v) is 7.09. The third kappa shape index (κ3) is 2.37. The van der Waals surface area contributed by atoms with E-state index in [9.17, 15) is 0 Å². The molecule has 1 saturated carbocycles. The van der Waals surface area contributed by atoms with Gasteiger partial charge in [0, 0.05) is 18.3 Å². The summed E-state index contributed by atoms with van der Waals surface area (Å²) in [7, 11) is 0. The third-order valence-electron chi connectivity index (χ3n) is 7.09. The second kappa shape index (κ2) is 5.93. The van der Waals surface area contributed by atoms with Crippen LogP contribution in [0.2, 0.25) is 0 Å². The van der Waals surface area contributed by atoms with Gasteiger partial charge in [-0.2, -0.15) is 0 Å². The Morgan fingerprint density at radius 3 is 2.62 bits per heavy atom. The van der Waals surface area contributed by atoms with Crippen LogP contribution in [0.25, 0.3) is 0 Å². The highest BCUT2D eigenvalue weighted by Crippen LogP contribution is 2.60. The molecule has 5 fully saturated rings. The molecule has 0 N–H and O–H groups in total. The fraction of sp³-hybridized carbons (Fsp3) is 0.714. The fourth-order valence-electron chi connectivity index (χ4n) is 5.64. The maximum absolute atomic E-state index is 6.41. The molecule has 4 saturated heterocycles. The highest BCUT2D eigenvalue weighted by atomic mass is 17.3. The zero-order valence-electron chi connectivity index (χ0n) is 15.7. The molecule has 1 aromatic carbocycles. The molecule has 0 aromatic heterocycles. The maximum atomic E-state index is 6.41. The average Bonchev–Trinajstić information content (AvgIpc) is 2.86. The van der Waals surface area contributed by atoms with Crippen molar-refractivity contribution in [3.05, 3.63) is 30.3 Å². The topological polar surface area (TPSA) is 46.2 Å². The summed E-state index contributed by atoms with van der Waals surface area (Å²) in [6.07, 6.45) is 3.35.